The van der Waals surface area contributed by atoms with Crippen molar-refractivity contribution in [2.75, 3.05) is 4.72 Å². The van der Waals surface area contributed by atoms with Crippen LogP contribution in [0.5, 0.6) is 5.75 Å². The first-order valence-corrected chi connectivity index (χ1v) is 7.81. The van der Waals surface area contributed by atoms with E-state index in [-0.39, 0.29) is 20.7 Å². The van der Waals surface area contributed by atoms with E-state index in [9.17, 15) is 13.5 Å². The van der Waals surface area contributed by atoms with Crippen molar-refractivity contribution in [3.05, 3.63) is 52.0 Å². The van der Waals surface area contributed by atoms with Gasteiger partial charge in [0.2, 0.25) is 0 Å². The number of halogens is 2. The van der Waals surface area contributed by atoms with Crippen LogP contribution in [0, 0.1) is 6.92 Å². The maximum absolute atomic E-state index is 12.3. The van der Waals surface area contributed by atoms with Crippen LogP contribution in [0.3, 0.4) is 0 Å². The molecule has 0 saturated carbocycles. The molecule has 0 aliphatic carbocycles. The van der Waals surface area contributed by atoms with Gasteiger partial charge in [0.05, 0.1) is 5.02 Å². The molecular weight excluding hydrogens is 321 g/mol. The van der Waals surface area contributed by atoms with E-state index in [0.717, 1.165) is 0 Å². The molecule has 0 spiro atoms. The summed E-state index contributed by atoms with van der Waals surface area (Å²) in [4.78, 5) is -0.0996. The number of sulfonamides is 1. The number of aryl methyl sites for hydroxylation is 1. The van der Waals surface area contributed by atoms with Gasteiger partial charge in [0.1, 0.15) is 10.6 Å². The molecule has 20 heavy (non-hydrogen) atoms. The van der Waals surface area contributed by atoms with Crippen LogP contribution in [-0.4, -0.2) is 13.5 Å². The van der Waals surface area contributed by atoms with Gasteiger partial charge in [-0.3, -0.25) is 4.72 Å². The zero-order valence-electron chi connectivity index (χ0n) is 10.4. The Morgan fingerprint density at radius 1 is 1.10 bits per heavy atom. The zero-order valence-corrected chi connectivity index (χ0v) is 12.7. The van der Waals surface area contributed by atoms with Gasteiger partial charge >= 0.3 is 0 Å². The first kappa shape index (κ1) is 15.0. The summed E-state index contributed by atoms with van der Waals surface area (Å²) in [6.45, 7) is 1.67. The fourth-order valence-electron chi connectivity index (χ4n) is 1.61. The second-order valence-electron chi connectivity index (χ2n) is 4.18. The van der Waals surface area contributed by atoms with E-state index in [1.54, 1.807) is 6.92 Å². The molecule has 0 atom stereocenters. The van der Waals surface area contributed by atoms with E-state index < -0.39 is 10.0 Å². The molecule has 0 fully saturated rings. The van der Waals surface area contributed by atoms with Crippen LogP contribution < -0.4 is 4.72 Å². The lowest BCUT2D eigenvalue weighted by Crippen LogP contribution is -2.13. The summed E-state index contributed by atoms with van der Waals surface area (Å²) in [5, 5.41) is 9.78. The van der Waals surface area contributed by atoms with Crippen LogP contribution >= 0.6 is 23.2 Å². The van der Waals surface area contributed by atoms with Gasteiger partial charge in [-0.15, -0.1) is 0 Å². The lowest BCUT2D eigenvalue weighted by molar-refractivity contribution is 0.471. The van der Waals surface area contributed by atoms with Gasteiger partial charge < -0.3 is 5.11 Å². The SMILES string of the molecule is Cc1cc(NS(=O)(=O)c2cc(Cl)ccc2Cl)ccc1O. The van der Waals surface area contributed by atoms with Crippen LogP contribution in [0.15, 0.2) is 41.3 Å². The minimum absolute atomic E-state index is 0.0809. The van der Waals surface area contributed by atoms with Gasteiger partial charge in [-0.2, -0.15) is 0 Å². The summed E-state index contributed by atoms with van der Waals surface area (Å²) in [5.41, 5.74) is 0.888. The van der Waals surface area contributed by atoms with Crippen molar-refractivity contribution in [1.29, 1.82) is 0 Å². The first-order chi connectivity index (χ1) is 9.29. The van der Waals surface area contributed by atoms with E-state index in [0.29, 0.717) is 11.3 Å². The lowest BCUT2D eigenvalue weighted by Gasteiger charge is -2.11. The number of phenols is 1. The number of rotatable bonds is 3. The van der Waals surface area contributed by atoms with E-state index in [1.165, 1.54) is 36.4 Å². The number of phenolic OH excluding ortho intramolecular Hbond substituents is 1. The number of benzene rings is 2. The molecule has 4 nitrogen and oxygen atoms in total. The quantitative estimate of drug-likeness (QED) is 0.840. The standard InChI is InChI=1S/C13H11Cl2NO3S/c1-8-6-10(3-5-12(8)17)16-20(18,19)13-7-9(14)2-4-11(13)15/h2-7,16-17H,1H3. The average molecular weight is 332 g/mol. The van der Waals surface area contributed by atoms with Crippen molar-refractivity contribution in [3.8, 4) is 5.75 Å². The predicted octanol–water partition coefficient (Wildman–Crippen LogP) is 3.81. The highest BCUT2D eigenvalue weighted by atomic mass is 35.5. The molecule has 0 saturated heterocycles. The van der Waals surface area contributed by atoms with E-state index in [1.807, 2.05) is 0 Å². The molecular formula is C13H11Cl2NO3S. The van der Waals surface area contributed by atoms with Crippen molar-refractivity contribution in [2.24, 2.45) is 0 Å². The summed E-state index contributed by atoms with van der Waals surface area (Å²) in [5.74, 6) is 0.0914. The summed E-state index contributed by atoms with van der Waals surface area (Å²) in [6.07, 6.45) is 0. The van der Waals surface area contributed by atoms with Gasteiger partial charge in [-0.05, 0) is 48.9 Å². The van der Waals surface area contributed by atoms with Gasteiger partial charge in [0, 0.05) is 10.7 Å². The molecule has 2 rings (SSSR count). The lowest BCUT2D eigenvalue weighted by atomic mass is 10.2. The van der Waals surface area contributed by atoms with Crippen LogP contribution in [0.2, 0.25) is 10.0 Å². The fourth-order valence-corrected chi connectivity index (χ4v) is 3.43. The summed E-state index contributed by atoms with van der Waals surface area (Å²) in [6, 6.07) is 8.59. The normalized spacial score (nSPS) is 11.3. The van der Waals surface area contributed by atoms with Crippen molar-refractivity contribution >= 4 is 38.9 Å². The molecule has 7 heteroatoms. The molecule has 0 radical (unpaired) electrons. The highest BCUT2D eigenvalue weighted by molar-refractivity contribution is 7.92. The van der Waals surface area contributed by atoms with Crippen molar-refractivity contribution < 1.29 is 13.5 Å². The van der Waals surface area contributed by atoms with Crippen LogP contribution in [0.4, 0.5) is 5.69 Å². The Bertz CT molecular complexity index is 760. The summed E-state index contributed by atoms with van der Waals surface area (Å²) >= 11 is 11.7. The average Bonchev–Trinajstić information content (AvgIpc) is 2.36. The van der Waals surface area contributed by atoms with Gasteiger partial charge in [-0.25, -0.2) is 8.42 Å². The maximum atomic E-state index is 12.3. The smallest absolute Gasteiger partial charge is 0.263 e. The Hall–Kier alpha value is -1.43. The number of hydrogen-bond donors (Lipinski definition) is 2. The molecule has 2 N–H and O–H groups in total. The van der Waals surface area contributed by atoms with Crippen LogP contribution in [-0.2, 0) is 10.0 Å². The van der Waals surface area contributed by atoms with Gasteiger partial charge in [0.15, 0.2) is 0 Å². The van der Waals surface area contributed by atoms with E-state index >= 15 is 0 Å². The Balaban J connectivity index is 2.40. The molecule has 106 valence electrons. The molecule has 2 aromatic rings. The minimum Gasteiger partial charge on any atom is -0.508 e. The molecule has 0 unspecified atom stereocenters. The second kappa shape index (κ2) is 5.52. The monoisotopic (exact) mass is 331 g/mol. The van der Waals surface area contributed by atoms with Gasteiger partial charge in [-0.1, -0.05) is 23.2 Å². The highest BCUT2D eigenvalue weighted by Crippen LogP contribution is 2.28. The number of aromatic hydroxyl groups is 1. The van der Waals surface area contributed by atoms with E-state index in [4.69, 9.17) is 23.2 Å². The molecule has 0 amide bonds. The Labute approximate surface area is 127 Å². The minimum atomic E-state index is -3.84. The maximum Gasteiger partial charge on any atom is 0.263 e. The van der Waals surface area contributed by atoms with Crippen molar-refractivity contribution in [1.82, 2.24) is 0 Å². The second-order valence-corrected chi connectivity index (χ2v) is 6.68. The first-order valence-electron chi connectivity index (χ1n) is 5.57. The fraction of sp³-hybridized carbons (Fsp3) is 0.0769. The number of nitrogens with one attached hydrogen (secondary N) is 1. The predicted molar refractivity (Wildman–Crippen MR) is 80.1 cm³/mol. The third-order valence-electron chi connectivity index (χ3n) is 2.63. The Kier molecular flexibility index (Phi) is 4.13. The molecule has 0 aromatic heterocycles. The topological polar surface area (TPSA) is 66.4 Å². The summed E-state index contributed by atoms with van der Waals surface area (Å²) in [7, 11) is -3.84. The molecule has 0 bridgehead atoms. The Morgan fingerprint density at radius 2 is 1.80 bits per heavy atom. The van der Waals surface area contributed by atoms with E-state index in [2.05, 4.69) is 4.72 Å². The highest BCUT2D eigenvalue weighted by Gasteiger charge is 2.18. The molecule has 0 aliphatic heterocycles. The van der Waals surface area contributed by atoms with Crippen molar-refractivity contribution in [3.63, 3.8) is 0 Å². The zero-order chi connectivity index (χ0) is 14.9. The molecule has 0 heterocycles. The van der Waals surface area contributed by atoms with Gasteiger partial charge in [0.25, 0.3) is 10.0 Å². The molecule has 0 aliphatic rings. The van der Waals surface area contributed by atoms with Crippen LogP contribution in [0.1, 0.15) is 5.56 Å². The third-order valence-corrected chi connectivity index (χ3v) is 4.73. The largest absolute Gasteiger partial charge is 0.508 e. The third kappa shape index (κ3) is 3.17. The summed E-state index contributed by atoms with van der Waals surface area (Å²) < 4.78 is 26.9. The Morgan fingerprint density at radius 3 is 2.45 bits per heavy atom. The van der Waals surface area contributed by atoms with Crippen molar-refractivity contribution in [2.45, 2.75) is 11.8 Å². The van der Waals surface area contributed by atoms with Crippen LogP contribution in [0.25, 0.3) is 0 Å². The number of anilines is 1. The number of hydrogen-bond acceptors (Lipinski definition) is 3. The molecule has 2 aromatic carbocycles.